The minimum atomic E-state index is 1.15. The van der Waals surface area contributed by atoms with E-state index in [4.69, 9.17) is 0 Å². The Morgan fingerprint density at radius 2 is 0.638 bits per heavy atom. The molecule has 0 aliphatic heterocycles. The molecule has 0 fully saturated rings. The van der Waals surface area contributed by atoms with Gasteiger partial charge in [0.2, 0.25) is 0 Å². The first-order valence-corrected chi connectivity index (χ1v) is 20.4. The lowest BCUT2D eigenvalue weighted by Gasteiger charge is -2.11. The molecule has 0 bridgehead atoms. The summed E-state index contributed by atoms with van der Waals surface area (Å²) < 4.78 is 4.81. The molecule has 0 aliphatic carbocycles. The van der Waals surface area contributed by atoms with Crippen LogP contribution in [0.4, 0.5) is 0 Å². The molecule has 10 aromatic rings. The fraction of sp³-hybridized carbons (Fsp3) is 0.0714. The van der Waals surface area contributed by atoms with E-state index in [1.54, 1.807) is 0 Å². The maximum Gasteiger partial charge on any atom is 0.0541 e. The van der Waals surface area contributed by atoms with Gasteiger partial charge in [-0.1, -0.05) is 159 Å². The molecule has 0 saturated carbocycles. The predicted molar refractivity (Wildman–Crippen MR) is 250 cm³/mol. The van der Waals surface area contributed by atoms with E-state index in [1.165, 1.54) is 87.8 Å². The minimum Gasteiger partial charge on any atom is -0.310 e. The second-order valence-corrected chi connectivity index (χ2v) is 14.4. The van der Waals surface area contributed by atoms with Crippen LogP contribution in [0.5, 0.6) is 0 Å². The van der Waals surface area contributed by atoms with Crippen molar-refractivity contribution in [3.05, 3.63) is 205 Å². The Morgan fingerprint density at radius 3 is 1.05 bits per heavy atom. The van der Waals surface area contributed by atoms with E-state index in [0.29, 0.717) is 0 Å². The molecule has 0 saturated heterocycles. The number of hydrogen-bond acceptors (Lipinski definition) is 0. The van der Waals surface area contributed by atoms with Crippen molar-refractivity contribution in [2.24, 2.45) is 0 Å². The quantitative estimate of drug-likeness (QED) is 0.160. The lowest BCUT2D eigenvalue weighted by atomic mass is 9.99. The van der Waals surface area contributed by atoms with Gasteiger partial charge in [0.25, 0.3) is 0 Å². The van der Waals surface area contributed by atoms with Crippen molar-refractivity contribution in [2.45, 2.75) is 27.7 Å². The highest BCUT2D eigenvalue weighted by atomic mass is 15.0. The molecule has 8 aromatic carbocycles. The SMILES string of the molecule is C/C=c1\c(=C/C)n(-c2ccc(-c3ccccc3)cc2)c2ccc(-c3ccc4c(c3)c3cc(-c5ccccc5)ccc3n4-c3ccc(-c4ccccc4)cc3)cc12.CC. The van der Waals surface area contributed by atoms with Crippen LogP contribution in [0.25, 0.3) is 101 Å². The molecule has 0 amide bonds. The number of fused-ring (bicyclic) bond motifs is 4. The summed E-state index contributed by atoms with van der Waals surface area (Å²) >= 11 is 0. The van der Waals surface area contributed by atoms with E-state index in [1.807, 2.05) is 13.8 Å². The van der Waals surface area contributed by atoms with Crippen molar-refractivity contribution >= 4 is 44.9 Å². The van der Waals surface area contributed by atoms with E-state index in [0.717, 1.165) is 11.4 Å². The van der Waals surface area contributed by atoms with Gasteiger partial charge in [0.15, 0.2) is 0 Å². The van der Waals surface area contributed by atoms with Crippen LogP contribution >= 0.6 is 0 Å². The number of hydrogen-bond donors (Lipinski definition) is 0. The monoisotopic (exact) mass is 746 g/mol. The topological polar surface area (TPSA) is 9.86 Å². The van der Waals surface area contributed by atoms with Crippen molar-refractivity contribution in [2.75, 3.05) is 0 Å². The molecule has 0 atom stereocenters. The lowest BCUT2D eigenvalue weighted by molar-refractivity contribution is 1.07. The molecule has 58 heavy (non-hydrogen) atoms. The summed E-state index contributed by atoms with van der Waals surface area (Å²) in [7, 11) is 0. The summed E-state index contributed by atoms with van der Waals surface area (Å²) in [6.07, 6.45) is 4.49. The highest BCUT2D eigenvalue weighted by Gasteiger charge is 2.16. The van der Waals surface area contributed by atoms with Gasteiger partial charge < -0.3 is 9.13 Å². The average molecular weight is 747 g/mol. The van der Waals surface area contributed by atoms with E-state index in [2.05, 4.69) is 229 Å². The summed E-state index contributed by atoms with van der Waals surface area (Å²) in [5.74, 6) is 0. The molecular weight excluding hydrogens is 701 g/mol. The maximum absolute atomic E-state index is 2.41. The van der Waals surface area contributed by atoms with E-state index in [-0.39, 0.29) is 0 Å². The average Bonchev–Trinajstić information content (AvgIpc) is 3.81. The Balaban J connectivity index is 0.00000215. The zero-order chi connectivity index (χ0) is 39.6. The number of aromatic nitrogens is 2. The Kier molecular flexibility index (Phi) is 9.91. The molecule has 0 aliphatic rings. The molecule has 0 spiro atoms. The van der Waals surface area contributed by atoms with Gasteiger partial charge in [-0.25, -0.2) is 0 Å². The molecule has 10 rings (SSSR count). The zero-order valence-corrected chi connectivity index (χ0v) is 33.5. The number of benzene rings is 8. The lowest BCUT2D eigenvalue weighted by Crippen LogP contribution is -2.27. The van der Waals surface area contributed by atoms with Crippen LogP contribution < -0.4 is 10.6 Å². The molecule has 280 valence electrons. The first-order valence-electron chi connectivity index (χ1n) is 20.4. The molecular formula is C56H46N2. The van der Waals surface area contributed by atoms with Gasteiger partial charge in [-0.05, 0) is 119 Å². The van der Waals surface area contributed by atoms with Gasteiger partial charge in [-0.3, -0.25) is 0 Å². The van der Waals surface area contributed by atoms with Gasteiger partial charge >= 0.3 is 0 Å². The van der Waals surface area contributed by atoms with Gasteiger partial charge in [0, 0.05) is 38.1 Å². The molecule has 2 nitrogen and oxygen atoms in total. The number of nitrogens with zero attached hydrogens (tertiary/aromatic N) is 2. The zero-order valence-electron chi connectivity index (χ0n) is 33.5. The molecule has 0 radical (unpaired) electrons. The molecule has 0 unspecified atom stereocenters. The Bertz CT molecular complexity index is 3150. The maximum atomic E-state index is 2.41. The van der Waals surface area contributed by atoms with Gasteiger partial charge in [0.1, 0.15) is 0 Å². The van der Waals surface area contributed by atoms with Crippen molar-refractivity contribution in [3.63, 3.8) is 0 Å². The summed E-state index contributed by atoms with van der Waals surface area (Å²) in [4.78, 5) is 0. The van der Waals surface area contributed by atoms with Crippen LogP contribution in [-0.4, -0.2) is 9.13 Å². The van der Waals surface area contributed by atoms with Crippen molar-refractivity contribution in [3.8, 4) is 55.9 Å². The summed E-state index contributed by atoms with van der Waals surface area (Å²) in [5, 5.41) is 6.19. The first-order chi connectivity index (χ1) is 28.7. The van der Waals surface area contributed by atoms with Crippen LogP contribution in [0.15, 0.2) is 194 Å². The summed E-state index contributed by atoms with van der Waals surface area (Å²) in [5.41, 5.74) is 15.6. The van der Waals surface area contributed by atoms with Crippen molar-refractivity contribution in [1.29, 1.82) is 0 Å². The third-order valence-electron chi connectivity index (χ3n) is 11.3. The van der Waals surface area contributed by atoms with Crippen LogP contribution in [0.1, 0.15) is 27.7 Å². The third kappa shape index (κ3) is 6.43. The minimum absolute atomic E-state index is 1.15. The fourth-order valence-electron chi connectivity index (χ4n) is 8.54. The standard InChI is InChI=1S/C54H40N2.C2H6/c1-3-47-48-35-43(25-32-52(48)55(51(47)4-2)45-27-20-40(21-28-45)37-14-8-5-9-15-37)44-26-33-54-50(36-44)49-34-42(39-18-12-7-13-19-39)24-31-53(49)56(54)46-29-22-41(23-30-46)38-16-10-6-11-17-38;1-2/h3-36H,1-2H3;1-2H3/b47-3-,51-4+;. The van der Waals surface area contributed by atoms with E-state index < -0.39 is 0 Å². The molecule has 2 heterocycles. The summed E-state index contributed by atoms with van der Waals surface area (Å²) in [6, 6.07) is 70.6. The smallest absolute Gasteiger partial charge is 0.0541 e. The van der Waals surface area contributed by atoms with E-state index in [9.17, 15) is 0 Å². The highest BCUT2D eigenvalue weighted by molar-refractivity contribution is 6.12. The van der Waals surface area contributed by atoms with Crippen LogP contribution in [-0.2, 0) is 0 Å². The van der Waals surface area contributed by atoms with Crippen LogP contribution in [0.3, 0.4) is 0 Å². The molecule has 2 heteroatoms. The third-order valence-corrected chi connectivity index (χ3v) is 11.3. The van der Waals surface area contributed by atoms with Crippen molar-refractivity contribution < 1.29 is 0 Å². The first kappa shape index (κ1) is 36.5. The van der Waals surface area contributed by atoms with Gasteiger partial charge in [-0.2, -0.15) is 0 Å². The molecule has 0 N–H and O–H groups in total. The molecule has 2 aromatic heterocycles. The Hall–Kier alpha value is -7.16. The second-order valence-electron chi connectivity index (χ2n) is 14.4. The van der Waals surface area contributed by atoms with Crippen LogP contribution in [0.2, 0.25) is 0 Å². The van der Waals surface area contributed by atoms with E-state index >= 15 is 0 Å². The second kappa shape index (κ2) is 15.8. The van der Waals surface area contributed by atoms with Gasteiger partial charge in [0.05, 0.1) is 16.6 Å². The normalized spacial score (nSPS) is 12.0. The van der Waals surface area contributed by atoms with Crippen LogP contribution in [0, 0.1) is 0 Å². The predicted octanol–water partition coefficient (Wildman–Crippen LogP) is 14.0. The Labute approximate surface area is 340 Å². The highest BCUT2D eigenvalue weighted by Crippen LogP contribution is 2.38. The number of rotatable bonds is 6. The fourth-order valence-corrected chi connectivity index (χ4v) is 8.54. The largest absolute Gasteiger partial charge is 0.310 e. The van der Waals surface area contributed by atoms with Gasteiger partial charge in [-0.15, -0.1) is 0 Å². The van der Waals surface area contributed by atoms with Crippen molar-refractivity contribution in [1.82, 2.24) is 9.13 Å². The summed E-state index contributed by atoms with van der Waals surface area (Å²) in [6.45, 7) is 8.29. The Morgan fingerprint density at radius 1 is 0.310 bits per heavy atom.